The molecule has 180 valence electrons. The van der Waals surface area contributed by atoms with Gasteiger partial charge in [-0.15, -0.1) is 0 Å². The van der Waals surface area contributed by atoms with E-state index in [-0.39, 0.29) is 17.4 Å². The molecule has 0 radical (unpaired) electrons. The van der Waals surface area contributed by atoms with Crippen LogP contribution in [-0.4, -0.2) is 70.6 Å². The summed E-state index contributed by atoms with van der Waals surface area (Å²) in [7, 11) is -2.47. The van der Waals surface area contributed by atoms with E-state index in [2.05, 4.69) is 14.9 Å². The maximum Gasteiger partial charge on any atom is 0.289 e. The predicted octanol–water partition coefficient (Wildman–Crippen LogP) is 1.90. The summed E-state index contributed by atoms with van der Waals surface area (Å²) >= 11 is 0. The lowest BCUT2D eigenvalue weighted by atomic mass is 10.1. The van der Waals surface area contributed by atoms with Crippen molar-refractivity contribution in [1.29, 1.82) is 0 Å². The van der Waals surface area contributed by atoms with E-state index in [0.717, 1.165) is 23.7 Å². The van der Waals surface area contributed by atoms with Crippen LogP contribution in [0.2, 0.25) is 0 Å². The predicted molar refractivity (Wildman–Crippen MR) is 124 cm³/mol. The summed E-state index contributed by atoms with van der Waals surface area (Å²) in [5, 5.41) is 2.39. The summed E-state index contributed by atoms with van der Waals surface area (Å²) < 4.78 is 37.8. The number of hydrogen-bond donors (Lipinski definition) is 2. The summed E-state index contributed by atoms with van der Waals surface area (Å²) in [6.45, 7) is 7.88. The maximum atomic E-state index is 12.6. The van der Waals surface area contributed by atoms with Gasteiger partial charge in [-0.05, 0) is 57.2 Å². The second-order valence-electron chi connectivity index (χ2n) is 8.83. The van der Waals surface area contributed by atoms with Gasteiger partial charge in [0.05, 0.1) is 19.8 Å². The Kier molecular flexibility index (Phi) is 7.45. The zero-order valence-electron chi connectivity index (χ0n) is 19.3. The second-order valence-corrected chi connectivity index (χ2v) is 10.4. The normalized spacial score (nSPS) is 14.7. The highest BCUT2D eigenvalue weighted by Crippen LogP contribution is 2.20. The first-order valence-electron chi connectivity index (χ1n) is 10.6. The molecule has 0 saturated carbocycles. The van der Waals surface area contributed by atoms with Gasteiger partial charge >= 0.3 is 0 Å². The lowest BCUT2D eigenvalue weighted by Gasteiger charge is -2.28. The largest absolute Gasteiger partial charge is 0.438 e. The highest BCUT2D eigenvalue weighted by Gasteiger charge is 2.27. The van der Waals surface area contributed by atoms with Gasteiger partial charge in [0, 0.05) is 37.1 Å². The molecule has 33 heavy (non-hydrogen) atoms. The number of furan rings is 1. The van der Waals surface area contributed by atoms with Crippen molar-refractivity contribution in [1.82, 2.24) is 9.62 Å². The Morgan fingerprint density at radius 1 is 1.06 bits per heavy atom. The summed E-state index contributed by atoms with van der Waals surface area (Å²) in [6, 6.07) is 9.94. The zero-order valence-corrected chi connectivity index (χ0v) is 20.1. The Bertz CT molecular complexity index is 1080. The van der Waals surface area contributed by atoms with Crippen LogP contribution in [-0.2, 0) is 19.6 Å². The maximum absolute atomic E-state index is 12.6. The Morgan fingerprint density at radius 2 is 1.70 bits per heavy atom. The van der Waals surface area contributed by atoms with Crippen LogP contribution in [0.1, 0.15) is 31.3 Å². The molecule has 3 rings (SSSR count). The molecule has 2 heterocycles. The molecule has 1 fully saturated rings. The van der Waals surface area contributed by atoms with Gasteiger partial charge < -0.3 is 24.3 Å². The number of nitrogens with zero attached hydrogens (tertiary/aromatic N) is 2. The average molecular weight is 479 g/mol. The number of amides is 2. The fourth-order valence-electron chi connectivity index (χ4n) is 3.29. The first-order chi connectivity index (χ1) is 15.4. The number of carbonyl (C=O) groups is 2. The van der Waals surface area contributed by atoms with E-state index in [1.54, 1.807) is 32.9 Å². The van der Waals surface area contributed by atoms with E-state index >= 15 is 0 Å². The molecule has 0 spiro atoms. The molecule has 1 saturated heterocycles. The zero-order chi connectivity index (χ0) is 24.2. The molecule has 2 aromatic rings. The van der Waals surface area contributed by atoms with Crippen LogP contribution in [0.4, 0.5) is 11.4 Å². The van der Waals surface area contributed by atoms with Crippen LogP contribution in [0.3, 0.4) is 0 Å². The molecule has 1 aliphatic heterocycles. The standard InChI is InChI=1S/C22H30N4O6S/c1-22(2,3)24-33(29,30)20-10-9-18(32-20)21(28)25(4)15-19(27)23-16-5-7-17(8-6-16)26-11-13-31-14-12-26/h5-10,24H,11-15H2,1-4H3,(H,23,27). The monoisotopic (exact) mass is 478 g/mol. The smallest absolute Gasteiger partial charge is 0.289 e. The summed E-state index contributed by atoms with van der Waals surface area (Å²) in [4.78, 5) is 28.4. The number of nitrogens with one attached hydrogen (secondary N) is 2. The summed E-state index contributed by atoms with van der Waals surface area (Å²) in [5.41, 5.74) is 0.955. The Labute approximate surface area is 193 Å². The minimum atomic E-state index is -3.91. The van der Waals surface area contributed by atoms with Gasteiger partial charge in [0.15, 0.2) is 5.76 Å². The molecule has 0 unspecified atom stereocenters. The average Bonchev–Trinajstić information content (AvgIpc) is 3.24. The molecule has 1 aromatic carbocycles. The molecule has 1 aliphatic rings. The fourth-order valence-corrected chi connectivity index (χ4v) is 4.64. The number of hydrogen-bond acceptors (Lipinski definition) is 7. The van der Waals surface area contributed by atoms with Crippen molar-refractivity contribution in [2.45, 2.75) is 31.4 Å². The van der Waals surface area contributed by atoms with Gasteiger partial charge in [0.25, 0.3) is 15.9 Å². The second kappa shape index (κ2) is 9.94. The van der Waals surface area contributed by atoms with Crippen LogP contribution in [0, 0.1) is 0 Å². The topological polar surface area (TPSA) is 121 Å². The van der Waals surface area contributed by atoms with Gasteiger partial charge in [-0.25, -0.2) is 13.1 Å². The van der Waals surface area contributed by atoms with Gasteiger partial charge in [-0.3, -0.25) is 9.59 Å². The van der Waals surface area contributed by atoms with Crippen LogP contribution in [0.25, 0.3) is 0 Å². The van der Waals surface area contributed by atoms with Crippen LogP contribution in [0.15, 0.2) is 45.9 Å². The van der Waals surface area contributed by atoms with Gasteiger partial charge in [0.1, 0.15) is 0 Å². The molecule has 0 atom stereocenters. The number of carbonyl (C=O) groups excluding carboxylic acids is 2. The number of anilines is 2. The molecule has 11 heteroatoms. The van der Waals surface area contributed by atoms with Gasteiger partial charge in [-0.2, -0.15) is 0 Å². The van der Waals surface area contributed by atoms with Crippen LogP contribution in [0.5, 0.6) is 0 Å². The SMILES string of the molecule is CN(CC(=O)Nc1ccc(N2CCOCC2)cc1)C(=O)c1ccc(S(=O)(=O)NC(C)(C)C)o1. The quantitative estimate of drug-likeness (QED) is 0.623. The third-order valence-corrected chi connectivity index (χ3v) is 6.38. The number of sulfonamides is 1. The van der Waals surface area contributed by atoms with E-state index in [1.165, 1.54) is 19.2 Å². The van der Waals surface area contributed by atoms with Crippen molar-refractivity contribution < 1.29 is 27.2 Å². The Hall–Kier alpha value is -2.89. The number of likely N-dealkylation sites (N-methyl/N-ethyl adjacent to an activating group) is 1. The minimum Gasteiger partial charge on any atom is -0.438 e. The summed E-state index contributed by atoms with van der Waals surface area (Å²) in [5.74, 6) is -1.17. The molecule has 10 nitrogen and oxygen atoms in total. The number of ether oxygens (including phenoxy) is 1. The van der Waals surface area contributed by atoms with Crippen LogP contribution >= 0.6 is 0 Å². The third-order valence-electron chi connectivity index (χ3n) is 4.75. The Balaban J connectivity index is 1.56. The molecule has 0 aliphatic carbocycles. The van der Waals surface area contributed by atoms with Crippen molar-refractivity contribution in [3.8, 4) is 0 Å². The van der Waals surface area contributed by atoms with E-state index in [4.69, 9.17) is 9.15 Å². The Morgan fingerprint density at radius 3 is 2.30 bits per heavy atom. The van der Waals surface area contributed by atoms with Crippen molar-refractivity contribution in [2.75, 3.05) is 50.1 Å². The number of morpholine rings is 1. The highest BCUT2D eigenvalue weighted by atomic mass is 32.2. The first-order valence-corrected chi connectivity index (χ1v) is 12.0. The summed E-state index contributed by atoms with van der Waals surface area (Å²) in [6.07, 6.45) is 0. The van der Waals surface area contributed by atoms with Crippen LogP contribution < -0.4 is 14.9 Å². The highest BCUT2D eigenvalue weighted by molar-refractivity contribution is 7.89. The molecular weight excluding hydrogens is 448 g/mol. The van der Waals surface area contributed by atoms with Crippen molar-refractivity contribution in [3.63, 3.8) is 0 Å². The lowest BCUT2D eigenvalue weighted by Crippen LogP contribution is -2.40. The fraction of sp³-hybridized carbons (Fsp3) is 0.455. The van der Waals surface area contributed by atoms with E-state index in [1.807, 2.05) is 12.1 Å². The van der Waals surface area contributed by atoms with E-state index < -0.39 is 27.4 Å². The van der Waals surface area contributed by atoms with E-state index in [9.17, 15) is 18.0 Å². The molecular formula is C22H30N4O6S. The van der Waals surface area contributed by atoms with E-state index in [0.29, 0.717) is 18.9 Å². The van der Waals surface area contributed by atoms with Crippen molar-refractivity contribution in [2.24, 2.45) is 0 Å². The molecule has 0 bridgehead atoms. The van der Waals surface area contributed by atoms with Crippen molar-refractivity contribution in [3.05, 3.63) is 42.2 Å². The molecule has 1 aromatic heterocycles. The number of rotatable bonds is 7. The number of benzene rings is 1. The third kappa shape index (κ3) is 6.80. The van der Waals surface area contributed by atoms with Gasteiger partial charge in [0.2, 0.25) is 11.0 Å². The molecule has 2 N–H and O–H groups in total. The molecule has 2 amide bonds. The van der Waals surface area contributed by atoms with Crippen molar-refractivity contribution >= 4 is 33.2 Å². The minimum absolute atomic E-state index is 0.172. The first kappa shape index (κ1) is 24.7. The lowest BCUT2D eigenvalue weighted by molar-refractivity contribution is -0.116. The van der Waals surface area contributed by atoms with Gasteiger partial charge in [-0.1, -0.05) is 0 Å².